The average Bonchev–Trinajstić information content (AvgIpc) is 2.74. The highest BCUT2D eigenvalue weighted by atomic mass is 14.7. The number of nitrogens with one attached hydrogen (secondary N) is 1. The molecular formula is C14H22N2. The standard InChI is InChI=1S/C11H13N.C3H9N/c1-2-5-9-8-12-11-7-4-3-6-10(9)11;1-2-3-4/h3-4,6-8,12H,2,5H2,1H3;2-4H2,1H3. The lowest BCUT2D eigenvalue weighted by Gasteiger charge is -1.93. The van der Waals surface area contributed by atoms with E-state index in [2.05, 4.69) is 49.3 Å². The van der Waals surface area contributed by atoms with Crippen molar-refractivity contribution in [3.63, 3.8) is 0 Å². The van der Waals surface area contributed by atoms with Gasteiger partial charge in [-0.05, 0) is 31.0 Å². The summed E-state index contributed by atoms with van der Waals surface area (Å²) in [6.45, 7) is 5.09. The molecule has 2 nitrogen and oxygen atoms in total. The fourth-order valence-corrected chi connectivity index (χ4v) is 1.61. The van der Waals surface area contributed by atoms with Crippen LogP contribution in [0.3, 0.4) is 0 Å². The summed E-state index contributed by atoms with van der Waals surface area (Å²) in [6, 6.07) is 8.45. The molecule has 2 rings (SSSR count). The molecule has 0 aliphatic carbocycles. The van der Waals surface area contributed by atoms with E-state index < -0.39 is 0 Å². The molecule has 0 unspecified atom stereocenters. The maximum absolute atomic E-state index is 5.03. The van der Waals surface area contributed by atoms with Gasteiger partial charge in [0.1, 0.15) is 0 Å². The van der Waals surface area contributed by atoms with Gasteiger partial charge in [-0.25, -0.2) is 0 Å². The topological polar surface area (TPSA) is 41.8 Å². The fourth-order valence-electron chi connectivity index (χ4n) is 1.61. The summed E-state index contributed by atoms with van der Waals surface area (Å²) in [5, 5.41) is 1.37. The normalized spacial score (nSPS) is 9.94. The molecule has 0 atom stereocenters. The van der Waals surface area contributed by atoms with Crippen molar-refractivity contribution in [2.24, 2.45) is 5.73 Å². The molecule has 0 saturated heterocycles. The summed E-state index contributed by atoms with van der Waals surface area (Å²) in [5.41, 5.74) is 7.72. The summed E-state index contributed by atoms with van der Waals surface area (Å²) < 4.78 is 0. The minimum atomic E-state index is 0.819. The van der Waals surface area contributed by atoms with Gasteiger partial charge in [-0.3, -0.25) is 0 Å². The number of aromatic amines is 1. The Kier molecular flexibility index (Phi) is 5.65. The lowest BCUT2D eigenvalue weighted by molar-refractivity contribution is 0.929. The second-order valence-corrected chi connectivity index (χ2v) is 3.90. The number of fused-ring (bicyclic) bond motifs is 1. The Morgan fingerprint density at radius 3 is 2.44 bits per heavy atom. The Morgan fingerprint density at radius 1 is 1.12 bits per heavy atom. The van der Waals surface area contributed by atoms with Crippen LogP contribution in [0.1, 0.15) is 32.3 Å². The molecule has 0 amide bonds. The summed E-state index contributed by atoms with van der Waals surface area (Å²) >= 11 is 0. The van der Waals surface area contributed by atoms with E-state index in [1.54, 1.807) is 0 Å². The van der Waals surface area contributed by atoms with Crippen LogP contribution in [-0.2, 0) is 6.42 Å². The molecule has 0 fully saturated rings. The van der Waals surface area contributed by atoms with Crippen LogP contribution in [0.2, 0.25) is 0 Å². The van der Waals surface area contributed by atoms with Crippen LogP contribution in [-0.4, -0.2) is 11.5 Å². The maximum atomic E-state index is 5.03. The Balaban J connectivity index is 0.000000280. The number of aromatic nitrogens is 1. The highest BCUT2D eigenvalue weighted by Gasteiger charge is 1.99. The third kappa shape index (κ3) is 3.38. The molecule has 0 radical (unpaired) electrons. The Bertz CT molecular complexity index is 402. The molecule has 0 spiro atoms. The van der Waals surface area contributed by atoms with Crippen molar-refractivity contribution in [2.75, 3.05) is 6.54 Å². The second-order valence-electron chi connectivity index (χ2n) is 3.90. The van der Waals surface area contributed by atoms with Crippen molar-refractivity contribution < 1.29 is 0 Å². The molecule has 0 aliphatic rings. The number of para-hydroxylation sites is 1. The van der Waals surface area contributed by atoms with Gasteiger partial charge in [0.05, 0.1) is 0 Å². The zero-order valence-corrected chi connectivity index (χ0v) is 10.3. The Labute approximate surface area is 97.9 Å². The van der Waals surface area contributed by atoms with E-state index in [4.69, 9.17) is 5.73 Å². The SMILES string of the molecule is CCCN.CCCc1c[nH]c2ccccc12. The van der Waals surface area contributed by atoms with Gasteiger partial charge in [-0.2, -0.15) is 0 Å². The number of benzene rings is 1. The third-order valence-corrected chi connectivity index (χ3v) is 2.48. The van der Waals surface area contributed by atoms with Crippen LogP contribution in [0.4, 0.5) is 0 Å². The van der Waals surface area contributed by atoms with Crippen molar-refractivity contribution in [1.29, 1.82) is 0 Å². The first-order valence-electron chi connectivity index (χ1n) is 6.08. The fraction of sp³-hybridized carbons (Fsp3) is 0.429. The predicted octanol–water partition coefficient (Wildman–Crippen LogP) is 3.48. The zero-order valence-electron chi connectivity index (χ0n) is 10.3. The number of hydrogen-bond donors (Lipinski definition) is 2. The van der Waals surface area contributed by atoms with Crippen molar-refractivity contribution >= 4 is 10.9 Å². The number of aryl methyl sites for hydroxylation is 1. The van der Waals surface area contributed by atoms with E-state index in [0.717, 1.165) is 13.0 Å². The van der Waals surface area contributed by atoms with E-state index in [0.29, 0.717) is 0 Å². The van der Waals surface area contributed by atoms with Crippen molar-refractivity contribution in [3.05, 3.63) is 36.0 Å². The first kappa shape index (κ1) is 12.8. The minimum Gasteiger partial charge on any atom is -0.361 e. The van der Waals surface area contributed by atoms with Gasteiger partial charge in [0, 0.05) is 17.1 Å². The van der Waals surface area contributed by atoms with Gasteiger partial charge in [0.25, 0.3) is 0 Å². The first-order chi connectivity index (χ1) is 7.83. The summed E-state index contributed by atoms with van der Waals surface area (Å²) in [5.74, 6) is 0. The van der Waals surface area contributed by atoms with Crippen molar-refractivity contribution in [3.8, 4) is 0 Å². The minimum absolute atomic E-state index is 0.819. The third-order valence-electron chi connectivity index (χ3n) is 2.48. The lowest BCUT2D eigenvalue weighted by Crippen LogP contribution is -1.93. The van der Waals surface area contributed by atoms with Crippen LogP contribution in [0.15, 0.2) is 30.5 Å². The van der Waals surface area contributed by atoms with Gasteiger partial charge in [0.15, 0.2) is 0 Å². The highest BCUT2D eigenvalue weighted by Crippen LogP contribution is 2.18. The van der Waals surface area contributed by atoms with E-state index in [1.165, 1.54) is 29.3 Å². The number of hydrogen-bond acceptors (Lipinski definition) is 1. The number of H-pyrrole nitrogens is 1. The van der Waals surface area contributed by atoms with Crippen LogP contribution < -0.4 is 5.73 Å². The van der Waals surface area contributed by atoms with Gasteiger partial charge >= 0.3 is 0 Å². The zero-order chi connectivity index (χ0) is 11.8. The maximum Gasteiger partial charge on any atom is 0.0456 e. The molecule has 0 saturated carbocycles. The molecule has 16 heavy (non-hydrogen) atoms. The van der Waals surface area contributed by atoms with Crippen LogP contribution in [0.25, 0.3) is 10.9 Å². The van der Waals surface area contributed by atoms with Crippen LogP contribution >= 0.6 is 0 Å². The molecule has 1 heterocycles. The van der Waals surface area contributed by atoms with Crippen LogP contribution in [0, 0.1) is 0 Å². The number of nitrogens with two attached hydrogens (primary N) is 1. The molecular weight excluding hydrogens is 196 g/mol. The molecule has 0 aliphatic heterocycles. The van der Waals surface area contributed by atoms with Gasteiger partial charge in [-0.15, -0.1) is 0 Å². The Morgan fingerprint density at radius 2 is 1.81 bits per heavy atom. The monoisotopic (exact) mass is 218 g/mol. The molecule has 0 bridgehead atoms. The van der Waals surface area contributed by atoms with E-state index in [9.17, 15) is 0 Å². The smallest absolute Gasteiger partial charge is 0.0456 e. The lowest BCUT2D eigenvalue weighted by atomic mass is 10.1. The predicted molar refractivity (Wildman–Crippen MR) is 71.6 cm³/mol. The van der Waals surface area contributed by atoms with Gasteiger partial charge in [0.2, 0.25) is 0 Å². The molecule has 2 aromatic rings. The summed E-state index contributed by atoms with van der Waals surface area (Å²) in [4.78, 5) is 3.27. The van der Waals surface area contributed by atoms with Crippen molar-refractivity contribution in [1.82, 2.24) is 4.98 Å². The summed E-state index contributed by atoms with van der Waals surface area (Å²) in [6.07, 6.45) is 5.60. The largest absolute Gasteiger partial charge is 0.361 e. The van der Waals surface area contributed by atoms with Gasteiger partial charge in [-0.1, -0.05) is 38.5 Å². The first-order valence-corrected chi connectivity index (χ1v) is 6.08. The average molecular weight is 218 g/mol. The Hall–Kier alpha value is -1.28. The van der Waals surface area contributed by atoms with Gasteiger partial charge < -0.3 is 10.7 Å². The molecule has 3 N–H and O–H groups in total. The highest BCUT2D eigenvalue weighted by molar-refractivity contribution is 5.82. The van der Waals surface area contributed by atoms with E-state index in [1.807, 2.05) is 0 Å². The van der Waals surface area contributed by atoms with Crippen LogP contribution in [0.5, 0.6) is 0 Å². The molecule has 2 heteroatoms. The molecule has 1 aromatic carbocycles. The second kappa shape index (κ2) is 7.07. The molecule has 1 aromatic heterocycles. The number of rotatable bonds is 3. The van der Waals surface area contributed by atoms with E-state index in [-0.39, 0.29) is 0 Å². The van der Waals surface area contributed by atoms with E-state index >= 15 is 0 Å². The van der Waals surface area contributed by atoms with Crippen molar-refractivity contribution in [2.45, 2.75) is 33.1 Å². The quantitative estimate of drug-likeness (QED) is 0.813. The molecule has 88 valence electrons. The summed E-state index contributed by atoms with van der Waals surface area (Å²) in [7, 11) is 0.